The molecule has 1 aromatic rings. The average Bonchev–Trinajstić information content (AvgIpc) is 2.21. The van der Waals surface area contributed by atoms with E-state index in [1.54, 1.807) is 13.2 Å². The molecule has 0 aliphatic carbocycles. The molecule has 0 aliphatic rings. The Bertz CT molecular complexity index is 272. The van der Waals surface area contributed by atoms with Crippen LogP contribution in [0, 0.1) is 0 Å². The molecule has 86 valence electrons. The van der Waals surface area contributed by atoms with Gasteiger partial charge in [0.15, 0.2) is 11.5 Å². The van der Waals surface area contributed by atoms with Gasteiger partial charge in [-0.3, -0.25) is 0 Å². The van der Waals surface area contributed by atoms with Crippen LogP contribution in [0.25, 0.3) is 0 Å². The van der Waals surface area contributed by atoms with Crippen molar-refractivity contribution in [3.63, 3.8) is 0 Å². The number of methoxy groups -OCH3 is 1. The highest BCUT2D eigenvalue weighted by molar-refractivity contribution is 5.40. The molecule has 0 unspecified atom stereocenters. The van der Waals surface area contributed by atoms with Gasteiger partial charge >= 0.3 is 0 Å². The number of rotatable bonds is 3. The monoisotopic (exact) mass is 212 g/mol. The zero-order valence-electron chi connectivity index (χ0n) is 9.66. The Hall–Kier alpha value is -1.22. The summed E-state index contributed by atoms with van der Waals surface area (Å²) in [6, 6.07) is 4.77. The Morgan fingerprint density at radius 3 is 2.20 bits per heavy atom. The standard InChI is InChI=1S/C9H12O3.C3H8/c1-12-5-4-7-2-3-8(10)9(11)6-7;1-3-2/h2-3,6,10-11H,4-5H2,1H3;3H2,1-2H3. The van der Waals surface area contributed by atoms with E-state index in [0.717, 1.165) is 12.0 Å². The van der Waals surface area contributed by atoms with Gasteiger partial charge in [-0.05, 0) is 24.1 Å². The molecular weight excluding hydrogens is 192 g/mol. The quantitative estimate of drug-likeness (QED) is 0.757. The molecule has 3 heteroatoms. The van der Waals surface area contributed by atoms with E-state index in [4.69, 9.17) is 14.9 Å². The van der Waals surface area contributed by atoms with E-state index < -0.39 is 0 Å². The molecule has 3 nitrogen and oxygen atoms in total. The van der Waals surface area contributed by atoms with Crippen LogP contribution in [0.3, 0.4) is 0 Å². The fourth-order valence-corrected chi connectivity index (χ4v) is 0.944. The average molecular weight is 212 g/mol. The Morgan fingerprint density at radius 2 is 1.73 bits per heavy atom. The van der Waals surface area contributed by atoms with Crippen LogP contribution in [-0.2, 0) is 11.2 Å². The minimum absolute atomic E-state index is 0.0800. The number of ether oxygens (including phenoxy) is 1. The third kappa shape index (κ3) is 5.96. The number of hydrogen-bond donors (Lipinski definition) is 2. The molecule has 0 aromatic heterocycles. The smallest absolute Gasteiger partial charge is 0.157 e. The SMILES string of the molecule is CCC.COCCc1ccc(O)c(O)c1. The summed E-state index contributed by atoms with van der Waals surface area (Å²) in [6.07, 6.45) is 1.99. The van der Waals surface area contributed by atoms with E-state index in [-0.39, 0.29) is 11.5 Å². The van der Waals surface area contributed by atoms with E-state index in [1.165, 1.54) is 18.6 Å². The van der Waals surface area contributed by atoms with Crippen molar-refractivity contribution in [3.05, 3.63) is 23.8 Å². The van der Waals surface area contributed by atoms with Gasteiger partial charge in [-0.25, -0.2) is 0 Å². The lowest BCUT2D eigenvalue weighted by Gasteiger charge is -2.02. The van der Waals surface area contributed by atoms with Crippen molar-refractivity contribution >= 4 is 0 Å². The van der Waals surface area contributed by atoms with E-state index in [9.17, 15) is 0 Å². The molecule has 0 saturated carbocycles. The number of phenolic OH excluding ortho intramolecular Hbond substituents is 2. The third-order valence-corrected chi connectivity index (χ3v) is 1.63. The first-order valence-electron chi connectivity index (χ1n) is 5.15. The van der Waals surface area contributed by atoms with Gasteiger partial charge in [0.1, 0.15) is 0 Å². The number of phenols is 2. The van der Waals surface area contributed by atoms with Gasteiger partial charge in [0.2, 0.25) is 0 Å². The Kier molecular flexibility index (Phi) is 7.46. The maximum absolute atomic E-state index is 9.11. The highest BCUT2D eigenvalue weighted by Gasteiger charge is 1.99. The van der Waals surface area contributed by atoms with Crippen LogP contribution >= 0.6 is 0 Å². The molecule has 1 rings (SSSR count). The fourth-order valence-electron chi connectivity index (χ4n) is 0.944. The number of benzene rings is 1. The van der Waals surface area contributed by atoms with E-state index in [1.807, 2.05) is 0 Å². The second-order valence-electron chi connectivity index (χ2n) is 3.27. The minimum Gasteiger partial charge on any atom is -0.504 e. The van der Waals surface area contributed by atoms with Gasteiger partial charge < -0.3 is 14.9 Å². The van der Waals surface area contributed by atoms with Crippen LogP contribution in [0.4, 0.5) is 0 Å². The van der Waals surface area contributed by atoms with Crippen molar-refractivity contribution in [3.8, 4) is 11.5 Å². The summed E-state index contributed by atoms with van der Waals surface area (Å²) in [5.74, 6) is -0.167. The molecule has 0 aliphatic heterocycles. The van der Waals surface area contributed by atoms with Gasteiger partial charge in [0.25, 0.3) is 0 Å². The molecule has 0 spiro atoms. The molecule has 1 aromatic carbocycles. The van der Waals surface area contributed by atoms with Gasteiger partial charge in [0.05, 0.1) is 6.61 Å². The first kappa shape index (κ1) is 13.8. The summed E-state index contributed by atoms with van der Waals surface area (Å²) in [4.78, 5) is 0. The molecule has 0 bridgehead atoms. The van der Waals surface area contributed by atoms with Crippen LogP contribution in [0.5, 0.6) is 11.5 Å². The van der Waals surface area contributed by atoms with Crippen molar-refractivity contribution in [2.24, 2.45) is 0 Å². The number of hydrogen-bond acceptors (Lipinski definition) is 3. The summed E-state index contributed by atoms with van der Waals surface area (Å²) in [6.45, 7) is 4.87. The minimum atomic E-state index is -0.0869. The molecule has 0 fully saturated rings. The van der Waals surface area contributed by atoms with Crippen molar-refractivity contribution in [2.75, 3.05) is 13.7 Å². The highest BCUT2D eigenvalue weighted by atomic mass is 16.5. The summed E-state index contributed by atoms with van der Waals surface area (Å²) in [5, 5.41) is 18.1. The van der Waals surface area contributed by atoms with Gasteiger partial charge in [-0.2, -0.15) is 0 Å². The van der Waals surface area contributed by atoms with Crippen LogP contribution in [0.1, 0.15) is 25.8 Å². The lowest BCUT2D eigenvalue weighted by atomic mass is 10.1. The molecule has 2 N–H and O–H groups in total. The van der Waals surface area contributed by atoms with E-state index in [0.29, 0.717) is 6.61 Å². The third-order valence-electron chi connectivity index (χ3n) is 1.63. The summed E-state index contributed by atoms with van der Waals surface area (Å²) in [5.41, 5.74) is 0.951. The van der Waals surface area contributed by atoms with Crippen LogP contribution in [-0.4, -0.2) is 23.9 Å². The van der Waals surface area contributed by atoms with Crippen molar-refractivity contribution < 1.29 is 14.9 Å². The largest absolute Gasteiger partial charge is 0.504 e. The lowest BCUT2D eigenvalue weighted by molar-refractivity contribution is 0.202. The van der Waals surface area contributed by atoms with E-state index in [2.05, 4.69) is 13.8 Å². The van der Waals surface area contributed by atoms with E-state index >= 15 is 0 Å². The summed E-state index contributed by atoms with van der Waals surface area (Å²) >= 11 is 0. The Balaban J connectivity index is 0.000000583. The van der Waals surface area contributed by atoms with Crippen molar-refractivity contribution in [2.45, 2.75) is 26.7 Å². The lowest BCUT2D eigenvalue weighted by Crippen LogP contribution is -1.93. The Morgan fingerprint density at radius 1 is 1.13 bits per heavy atom. The second kappa shape index (κ2) is 8.12. The molecule has 0 radical (unpaired) electrons. The van der Waals surface area contributed by atoms with Crippen LogP contribution in [0.2, 0.25) is 0 Å². The predicted octanol–water partition coefficient (Wildman–Crippen LogP) is 2.70. The Labute approximate surface area is 91.3 Å². The maximum atomic E-state index is 9.11. The molecule has 15 heavy (non-hydrogen) atoms. The first-order chi connectivity index (χ1) is 7.15. The first-order valence-corrected chi connectivity index (χ1v) is 5.15. The summed E-state index contributed by atoms with van der Waals surface area (Å²) < 4.78 is 4.87. The van der Waals surface area contributed by atoms with Crippen LogP contribution < -0.4 is 0 Å². The normalized spacial score (nSPS) is 9.27. The van der Waals surface area contributed by atoms with Gasteiger partial charge in [0, 0.05) is 7.11 Å². The number of aromatic hydroxyl groups is 2. The molecule has 0 heterocycles. The maximum Gasteiger partial charge on any atom is 0.157 e. The van der Waals surface area contributed by atoms with Crippen LogP contribution in [0.15, 0.2) is 18.2 Å². The molecular formula is C12H20O3. The fraction of sp³-hybridized carbons (Fsp3) is 0.500. The topological polar surface area (TPSA) is 49.7 Å². The van der Waals surface area contributed by atoms with Crippen molar-refractivity contribution in [1.29, 1.82) is 0 Å². The zero-order chi connectivity index (χ0) is 11.7. The predicted molar refractivity (Wildman–Crippen MR) is 61.3 cm³/mol. The molecule has 0 saturated heterocycles. The molecule has 0 atom stereocenters. The van der Waals surface area contributed by atoms with Gasteiger partial charge in [-0.1, -0.05) is 26.3 Å². The van der Waals surface area contributed by atoms with Crippen molar-refractivity contribution in [1.82, 2.24) is 0 Å². The summed E-state index contributed by atoms with van der Waals surface area (Å²) in [7, 11) is 1.63. The second-order valence-corrected chi connectivity index (χ2v) is 3.27. The highest BCUT2D eigenvalue weighted by Crippen LogP contribution is 2.24. The molecule has 0 amide bonds. The zero-order valence-corrected chi connectivity index (χ0v) is 9.66. The van der Waals surface area contributed by atoms with Gasteiger partial charge in [-0.15, -0.1) is 0 Å².